The number of nitrogens with zero attached hydrogens (tertiary/aromatic N) is 3. The lowest BCUT2D eigenvalue weighted by Crippen LogP contribution is -2.68. The summed E-state index contributed by atoms with van der Waals surface area (Å²) in [7, 11) is 0. The molecule has 1 N–H and O–H groups in total. The molecule has 3 aliphatic rings. The molecule has 4 rings (SSSR count). The minimum absolute atomic E-state index is 0.0254. The molecule has 4 heterocycles. The van der Waals surface area contributed by atoms with Crippen molar-refractivity contribution in [2.75, 3.05) is 6.54 Å². The Morgan fingerprint density at radius 3 is 2.83 bits per heavy atom. The van der Waals surface area contributed by atoms with Gasteiger partial charge in [-0.2, -0.15) is 0 Å². The van der Waals surface area contributed by atoms with Crippen LogP contribution in [0.5, 0.6) is 0 Å². The van der Waals surface area contributed by atoms with Gasteiger partial charge in [0.05, 0.1) is 11.7 Å². The summed E-state index contributed by atoms with van der Waals surface area (Å²) in [5, 5.41) is 9.58. The molecule has 2 amide bonds. The summed E-state index contributed by atoms with van der Waals surface area (Å²) in [5.74, 6) is -1.36. The van der Waals surface area contributed by atoms with Crippen LogP contribution in [0.2, 0.25) is 0 Å². The van der Waals surface area contributed by atoms with Gasteiger partial charge in [0.15, 0.2) is 0 Å². The number of hydrogen-bond donors (Lipinski definition) is 1. The summed E-state index contributed by atoms with van der Waals surface area (Å²) in [6.45, 7) is 0.481. The second kappa shape index (κ2) is 5.30. The molecule has 2 fully saturated rings. The van der Waals surface area contributed by atoms with Crippen LogP contribution in [0.3, 0.4) is 0 Å². The van der Waals surface area contributed by atoms with Crippen LogP contribution in [0.15, 0.2) is 41.7 Å². The van der Waals surface area contributed by atoms with E-state index in [0.717, 1.165) is 0 Å². The van der Waals surface area contributed by atoms with Crippen molar-refractivity contribution < 1.29 is 19.5 Å². The van der Waals surface area contributed by atoms with Gasteiger partial charge in [0.1, 0.15) is 11.7 Å². The highest BCUT2D eigenvalue weighted by Gasteiger charge is 2.62. The van der Waals surface area contributed by atoms with Crippen molar-refractivity contribution in [2.45, 2.75) is 18.5 Å². The molecular weight excluding hydrogens is 310 g/mol. The molecule has 0 aromatic carbocycles. The highest BCUT2D eigenvalue weighted by Crippen LogP contribution is 2.46. The summed E-state index contributed by atoms with van der Waals surface area (Å²) in [4.78, 5) is 42.2. The zero-order chi connectivity index (χ0) is 16.8. The van der Waals surface area contributed by atoms with E-state index in [2.05, 4.69) is 4.98 Å². The van der Waals surface area contributed by atoms with Gasteiger partial charge in [-0.25, -0.2) is 4.79 Å². The first kappa shape index (κ1) is 14.6. The maximum absolute atomic E-state index is 12.3. The van der Waals surface area contributed by atoms with Gasteiger partial charge in [-0.05, 0) is 30.2 Å². The number of likely N-dealkylation sites (tertiary alicyclic amines) is 1. The third kappa shape index (κ3) is 1.97. The molecule has 1 aromatic heterocycles. The fourth-order valence-electron chi connectivity index (χ4n) is 3.93. The third-order valence-electron chi connectivity index (χ3n) is 4.91. The lowest BCUT2D eigenvalue weighted by atomic mass is 9.79. The number of carbonyl (C=O) groups is 3. The van der Waals surface area contributed by atoms with E-state index < -0.39 is 12.0 Å². The first-order valence-electron chi connectivity index (χ1n) is 7.71. The fourth-order valence-corrected chi connectivity index (χ4v) is 3.93. The van der Waals surface area contributed by atoms with Gasteiger partial charge in [0.25, 0.3) is 5.91 Å². The number of carboxylic acids is 1. The molecule has 7 nitrogen and oxygen atoms in total. The number of rotatable bonds is 4. The Morgan fingerprint density at radius 2 is 2.17 bits per heavy atom. The summed E-state index contributed by atoms with van der Waals surface area (Å²) in [6, 6.07) is 4.76. The predicted octanol–water partition coefficient (Wildman–Crippen LogP) is 0.505. The Bertz CT molecular complexity index is 786. The number of pyridine rings is 1. The number of allylic oxidation sites excluding steroid dienone is 2. The van der Waals surface area contributed by atoms with E-state index >= 15 is 0 Å². The monoisotopic (exact) mass is 325 g/mol. The lowest BCUT2D eigenvalue weighted by molar-refractivity contribution is -0.158. The van der Waals surface area contributed by atoms with Crippen LogP contribution < -0.4 is 0 Å². The molecule has 0 bridgehead atoms. The topological polar surface area (TPSA) is 90.8 Å². The maximum Gasteiger partial charge on any atom is 0.352 e. The Hall–Kier alpha value is -2.96. The van der Waals surface area contributed by atoms with Crippen molar-refractivity contribution in [2.24, 2.45) is 5.92 Å². The van der Waals surface area contributed by atoms with E-state index in [9.17, 15) is 19.5 Å². The van der Waals surface area contributed by atoms with Crippen LogP contribution in [0.4, 0.5) is 0 Å². The number of carboxylic acid groups (broad SMARTS) is 1. The van der Waals surface area contributed by atoms with Crippen molar-refractivity contribution in [3.05, 3.63) is 47.4 Å². The van der Waals surface area contributed by atoms with Crippen LogP contribution >= 0.6 is 0 Å². The number of aromatic nitrogens is 1. The van der Waals surface area contributed by atoms with Crippen LogP contribution in [-0.4, -0.2) is 56.8 Å². The zero-order valence-electron chi connectivity index (χ0n) is 12.7. The SMILES string of the molecule is O=CN1C[C@H]2CC(/C=C/c3ccccn3)=C(C(=O)O)N3C(=O)[C@@H]1[C@@H]23. The maximum atomic E-state index is 12.3. The number of β-lactam (4-membered cyclic amide) rings is 1. The molecule has 1 aromatic rings. The average Bonchev–Trinajstić information content (AvgIpc) is 2.95. The smallest absolute Gasteiger partial charge is 0.352 e. The first-order valence-corrected chi connectivity index (χ1v) is 7.71. The summed E-state index contributed by atoms with van der Waals surface area (Å²) in [6.07, 6.45) is 6.33. The number of carbonyl (C=O) groups excluding carboxylic acids is 2. The summed E-state index contributed by atoms with van der Waals surface area (Å²) >= 11 is 0. The molecule has 7 heteroatoms. The van der Waals surface area contributed by atoms with E-state index in [0.29, 0.717) is 30.6 Å². The standard InChI is InChI=1S/C17H15N3O4/c21-9-19-8-11-7-10(4-5-12-3-1-2-6-18-12)14(17(23)24)20-13(11)15(19)16(20)22/h1-6,9,11,13,15H,7-8H2,(H,23,24)/b5-4+/t11-,13-,15+/m1/s1. The minimum atomic E-state index is -1.12. The second-order valence-corrected chi connectivity index (χ2v) is 6.18. The van der Waals surface area contributed by atoms with Gasteiger partial charge in [-0.1, -0.05) is 12.1 Å². The fraction of sp³-hybridized carbons (Fsp3) is 0.294. The van der Waals surface area contributed by atoms with Gasteiger partial charge in [-0.3, -0.25) is 19.5 Å². The van der Waals surface area contributed by atoms with Crippen molar-refractivity contribution in [1.29, 1.82) is 0 Å². The van der Waals surface area contributed by atoms with Crippen LogP contribution in [0.1, 0.15) is 12.1 Å². The molecule has 0 radical (unpaired) electrons. The highest BCUT2D eigenvalue weighted by molar-refractivity contribution is 6.01. The van der Waals surface area contributed by atoms with E-state index in [1.54, 1.807) is 24.4 Å². The predicted molar refractivity (Wildman–Crippen MR) is 83.2 cm³/mol. The molecule has 3 aliphatic heterocycles. The number of aliphatic carboxylic acids is 1. The van der Waals surface area contributed by atoms with E-state index in [1.807, 2.05) is 12.1 Å². The molecule has 0 unspecified atom stereocenters. The molecule has 2 saturated heterocycles. The molecule has 0 aliphatic carbocycles. The normalized spacial score (nSPS) is 28.2. The largest absolute Gasteiger partial charge is 0.477 e. The van der Waals surface area contributed by atoms with Gasteiger partial charge in [0.2, 0.25) is 6.41 Å². The van der Waals surface area contributed by atoms with Gasteiger partial charge < -0.3 is 10.0 Å². The molecular formula is C17H15N3O4. The van der Waals surface area contributed by atoms with Crippen molar-refractivity contribution >= 4 is 24.4 Å². The van der Waals surface area contributed by atoms with E-state index in [-0.39, 0.29) is 23.6 Å². The molecule has 3 atom stereocenters. The quantitative estimate of drug-likeness (QED) is 0.643. The van der Waals surface area contributed by atoms with Crippen molar-refractivity contribution in [1.82, 2.24) is 14.8 Å². The van der Waals surface area contributed by atoms with Crippen LogP contribution in [0, 0.1) is 5.92 Å². The van der Waals surface area contributed by atoms with Crippen molar-refractivity contribution in [3.63, 3.8) is 0 Å². The Balaban J connectivity index is 1.71. The zero-order valence-corrected chi connectivity index (χ0v) is 12.7. The Morgan fingerprint density at radius 1 is 1.33 bits per heavy atom. The van der Waals surface area contributed by atoms with E-state index in [4.69, 9.17) is 0 Å². The third-order valence-corrected chi connectivity index (χ3v) is 4.91. The van der Waals surface area contributed by atoms with Crippen molar-refractivity contribution in [3.8, 4) is 0 Å². The molecule has 0 spiro atoms. The van der Waals surface area contributed by atoms with Crippen LogP contribution in [0.25, 0.3) is 6.08 Å². The van der Waals surface area contributed by atoms with Gasteiger partial charge >= 0.3 is 5.97 Å². The number of amides is 2. The van der Waals surface area contributed by atoms with Gasteiger partial charge in [0, 0.05) is 18.7 Å². The average molecular weight is 325 g/mol. The van der Waals surface area contributed by atoms with E-state index in [1.165, 1.54) is 9.80 Å². The minimum Gasteiger partial charge on any atom is -0.477 e. The highest BCUT2D eigenvalue weighted by atomic mass is 16.4. The van der Waals surface area contributed by atoms with Crippen LogP contribution in [-0.2, 0) is 14.4 Å². The molecule has 122 valence electrons. The molecule has 24 heavy (non-hydrogen) atoms. The summed E-state index contributed by atoms with van der Waals surface area (Å²) in [5.41, 5.74) is 1.33. The first-order chi connectivity index (χ1) is 11.6. The Kier molecular flexibility index (Phi) is 3.23. The van der Waals surface area contributed by atoms with Gasteiger partial charge in [-0.15, -0.1) is 0 Å². The lowest BCUT2D eigenvalue weighted by Gasteiger charge is -2.49. The molecule has 0 saturated carbocycles. The Labute approximate surface area is 137 Å². The second-order valence-electron chi connectivity index (χ2n) is 6.18. The number of hydrogen-bond acceptors (Lipinski definition) is 4. The summed E-state index contributed by atoms with van der Waals surface area (Å²) < 4.78 is 0.